The van der Waals surface area contributed by atoms with Gasteiger partial charge in [0.05, 0.1) is 10.7 Å². The molecule has 1 aromatic carbocycles. The number of nitrogens with two attached hydrogens (primary N) is 1. The average molecular weight is 303 g/mol. The predicted molar refractivity (Wildman–Crippen MR) is 90.8 cm³/mol. The minimum atomic E-state index is 0.229. The number of rotatable bonds is 5. The van der Waals surface area contributed by atoms with E-state index in [1.807, 2.05) is 6.92 Å². The van der Waals surface area contributed by atoms with Gasteiger partial charge in [0.2, 0.25) is 0 Å². The summed E-state index contributed by atoms with van der Waals surface area (Å²) in [5, 5.41) is 3.25. The van der Waals surface area contributed by atoms with Crippen molar-refractivity contribution in [1.29, 1.82) is 0 Å². The third-order valence-electron chi connectivity index (χ3n) is 3.90. The fraction of sp³-hybridized carbons (Fsp3) is 0.471. The molecule has 1 unspecified atom stereocenters. The van der Waals surface area contributed by atoms with Crippen molar-refractivity contribution < 1.29 is 0 Å². The SMILES string of the molecule is Cc1cc(C)c(C(CN)N(C)Cc2csc(C)n2)c(C)c1. The molecule has 0 radical (unpaired) electrons. The molecule has 0 saturated carbocycles. The molecule has 0 aliphatic rings. The van der Waals surface area contributed by atoms with E-state index in [1.165, 1.54) is 22.3 Å². The van der Waals surface area contributed by atoms with E-state index in [-0.39, 0.29) is 6.04 Å². The number of hydrogen-bond donors (Lipinski definition) is 1. The van der Waals surface area contributed by atoms with Crippen LogP contribution in [0.25, 0.3) is 0 Å². The number of aromatic nitrogens is 1. The maximum atomic E-state index is 6.08. The van der Waals surface area contributed by atoms with Crippen molar-refractivity contribution in [2.75, 3.05) is 13.6 Å². The smallest absolute Gasteiger partial charge is 0.0897 e. The molecular formula is C17H25N3S. The highest BCUT2D eigenvalue weighted by atomic mass is 32.1. The molecule has 0 spiro atoms. The molecule has 4 heteroatoms. The second-order valence-electron chi connectivity index (χ2n) is 5.84. The molecule has 2 rings (SSSR count). The van der Waals surface area contributed by atoms with E-state index in [9.17, 15) is 0 Å². The number of likely N-dealkylation sites (N-methyl/N-ethyl adjacent to an activating group) is 1. The van der Waals surface area contributed by atoms with E-state index in [2.05, 4.69) is 55.2 Å². The van der Waals surface area contributed by atoms with Gasteiger partial charge >= 0.3 is 0 Å². The first-order valence-corrected chi connectivity index (χ1v) is 8.19. The Kier molecular flexibility index (Phi) is 5.14. The zero-order valence-corrected chi connectivity index (χ0v) is 14.4. The van der Waals surface area contributed by atoms with Crippen molar-refractivity contribution in [3.63, 3.8) is 0 Å². The molecular weight excluding hydrogens is 278 g/mol. The van der Waals surface area contributed by atoms with Gasteiger partial charge in [0.25, 0.3) is 0 Å². The molecule has 1 atom stereocenters. The van der Waals surface area contributed by atoms with E-state index < -0.39 is 0 Å². The zero-order chi connectivity index (χ0) is 15.6. The Morgan fingerprint density at radius 2 is 1.81 bits per heavy atom. The van der Waals surface area contributed by atoms with Gasteiger partial charge in [0, 0.05) is 24.5 Å². The van der Waals surface area contributed by atoms with Gasteiger partial charge in [-0.25, -0.2) is 4.98 Å². The molecule has 0 aliphatic carbocycles. The maximum Gasteiger partial charge on any atom is 0.0897 e. The second-order valence-corrected chi connectivity index (χ2v) is 6.90. The standard InChI is InChI=1S/C17H25N3S/c1-11-6-12(2)17(13(3)7-11)16(8-18)20(5)9-15-10-21-14(4)19-15/h6-7,10,16H,8-9,18H2,1-5H3. The molecule has 0 amide bonds. The second kappa shape index (κ2) is 6.69. The van der Waals surface area contributed by atoms with Crippen molar-refractivity contribution in [1.82, 2.24) is 9.88 Å². The van der Waals surface area contributed by atoms with Crippen LogP contribution in [0.5, 0.6) is 0 Å². The molecule has 2 N–H and O–H groups in total. The average Bonchev–Trinajstić information content (AvgIpc) is 2.78. The first kappa shape index (κ1) is 16.1. The van der Waals surface area contributed by atoms with Crippen LogP contribution in [0.1, 0.15) is 39.0 Å². The van der Waals surface area contributed by atoms with Crippen LogP contribution in [0.15, 0.2) is 17.5 Å². The molecule has 0 fully saturated rings. The van der Waals surface area contributed by atoms with Crippen LogP contribution in [0.2, 0.25) is 0 Å². The first-order chi connectivity index (χ1) is 9.92. The third kappa shape index (κ3) is 3.70. The fourth-order valence-electron chi connectivity index (χ4n) is 3.08. The molecule has 21 heavy (non-hydrogen) atoms. The quantitative estimate of drug-likeness (QED) is 0.919. The first-order valence-electron chi connectivity index (χ1n) is 7.31. The highest BCUT2D eigenvalue weighted by molar-refractivity contribution is 7.09. The Morgan fingerprint density at radius 3 is 2.29 bits per heavy atom. The molecule has 1 aromatic heterocycles. The van der Waals surface area contributed by atoms with Crippen LogP contribution in [0.3, 0.4) is 0 Å². The molecule has 0 aliphatic heterocycles. The summed E-state index contributed by atoms with van der Waals surface area (Å²) in [5.74, 6) is 0. The van der Waals surface area contributed by atoms with E-state index in [0.29, 0.717) is 6.54 Å². The van der Waals surface area contributed by atoms with Crippen molar-refractivity contribution in [2.45, 2.75) is 40.3 Å². The minimum Gasteiger partial charge on any atom is -0.329 e. The van der Waals surface area contributed by atoms with Gasteiger partial charge in [0.1, 0.15) is 0 Å². The van der Waals surface area contributed by atoms with Crippen molar-refractivity contribution in [3.05, 3.63) is 50.5 Å². The van der Waals surface area contributed by atoms with E-state index in [1.54, 1.807) is 11.3 Å². The van der Waals surface area contributed by atoms with Gasteiger partial charge in [-0.05, 0) is 51.4 Å². The van der Waals surface area contributed by atoms with E-state index in [0.717, 1.165) is 17.2 Å². The molecule has 0 bridgehead atoms. The van der Waals surface area contributed by atoms with Gasteiger partial charge in [-0.2, -0.15) is 0 Å². The molecule has 3 nitrogen and oxygen atoms in total. The van der Waals surface area contributed by atoms with Crippen LogP contribution >= 0.6 is 11.3 Å². The third-order valence-corrected chi connectivity index (χ3v) is 4.73. The van der Waals surface area contributed by atoms with Crippen LogP contribution in [-0.4, -0.2) is 23.5 Å². The predicted octanol–water partition coefficient (Wildman–Crippen LogP) is 3.51. The lowest BCUT2D eigenvalue weighted by molar-refractivity contribution is 0.238. The Labute approximate surface area is 131 Å². The lowest BCUT2D eigenvalue weighted by atomic mass is 9.93. The lowest BCUT2D eigenvalue weighted by Gasteiger charge is -2.29. The monoisotopic (exact) mass is 303 g/mol. The number of thiazole rings is 1. The molecule has 2 aromatic rings. The summed E-state index contributed by atoms with van der Waals surface area (Å²) in [4.78, 5) is 6.86. The van der Waals surface area contributed by atoms with Crippen LogP contribution < -0.4 is 5.73 Å². The number of aryl methyl sites for hydroxylation is 4. The van der Waals surface area contributed by atoms with E-state index in [4.69, 9.17) is 5.73 Å². The zero-order valence-electron chi connectivity index (χ0n) is 13.6. The Morgan fingerprint density at radius 1 is 1.19 bits per heavy atom. The van der Waals surface area contributed by atoms with Gasteiger partial charge in [-0.3, -0.25) is 4.90 Å². The molecule has 114 valence electrons. The van der Waals surface area contributed by atoms with Gasteiger partial charge in [-0.1, -0.05) is 17.7 Å². The highest BCUT2D eigenvalue weighted by Crippen LogP contribution is 2.28. The van der Waals surface area contributed by atoms with Gasteiger partial charge in [0.15, 0.2) is 0 Å². The summed E-state index contributed by atoms with van der Waals surface area (Å²) in [6, 6.07) is 4.71. The Bertz CT molecular complexity index is 595. The van der Waals surface area contributed by atoms with Crippen molar-refractivity contribution >= 4 is 11.3 Å². The number of nitrogens with zero attached hydrogens (tertiary/aromatic N) is 2. The largest absolute Gasteiger partial charge is 0.329 e. The Hall–Kier alpha value is -1.23. The van der Waals surface area contributed by atoms with Crippen molar-refractivity contribution in [3.8, 4) is 0 Å². The normalized spacial score (nSPS) is 12.9. The minimum absolute atomic E-state index is 0.229. The number of hydrogen-bond acceptors (Lipinski definition) is 4. The highest BCUT2D eigenvalue weighted by Gasteiger charge is 2.20. The summed E-state index contributed by atoms with van der Waals surface area (Å²) in [6.07, 6.45) is 0. The topological polar surface area (TPSA) is 42.1 Å². The van der Waals surface area contributed by atoms with Crippen LogP contribution in [0, 0.1) is 27.7 Å². The Balaban J connectivity index is 2.27. The summed E-state index contributed by atoms with van der Waals surface area (Å²) in [7, 11) is 2.13. The fourth-order valence-corrected chi connectivity index (χ4v) is 3.69. The van der Waals surface area contributed by atoms with Gasteiger partial charge in [-0.15, -0.1) is 11.3 Å². The van der Waals surface area contributed by atoms with E-state index >= 15 is 0 Å². The summed E-state index contributed by atoms with van der Waals surface area (Å²) >= 11 is 1.70. The van der Waals surface area contributed by atoms with Crippen LogP contribution in [0.4, 0.5) is 0 Å². The van der Waals surface area contributed by atoms with Crippen molar-refractivity contribution in [2.24, 2.45) is 5.73 Å². The summed E-state index contributed by atoms with van der Waals surface area (Å²) < 4.78 is 0. The lowest BCUT2D eigenvalue weighted by Crippen LogP contribution is -2.31. The summed E-state index contributed by atoms with van der Waals surface area (Å²) in [5.41, 5.74) is 12.5. The maximum absolute atomic E-state index is 6.08. The van der Waals surface area contributed by atoms with Crippen LogP contribution in [-0.2, 0) is 6.54 Å². The molecule has 0 saturated heterocycles. The van der Waals surface area contributed by atoms with Gasteiger partial charge < -0.3 is 5.73 Å². The summed E-state index contributed by atoms with van der Waals surface area (Å²) in [6.45, 7) is 9.99. The number of benzene rings is 1. The molecule has 1 heterocycles.